The van der Waals surface area contributed by atoms with Gasteiger partial charge in [-0.15, -0.1) is 0 Å². The predicted molar refractivity (Wildman–Crippen MR) is 120 cm³/mol. The van der Waals surface area contributed by atoms with Gasteiger partial charge >= 0.3 is 6.09 Å². The first kappa shape index (κ1) is 22.0. The zero-order valence-electron chi connectivity index (χ0n) is 19.0. The maximum Gasteiger partial charge on any atom is 0.416 e. The largest absolute Gasteiger partial charge is 0.447 e. The van der Waals surface area contributed by atoms with Crippen molar-refractivity contribution in [3.8, 4) is 0 Å². The van der Waals surface area contributed by atoms with Crippen LogP contribution in [0.3, 0.4) is 0 Å². The summed E-state index contributed by atoms with van der Waals surface area (Å²) in [4.78, 5) is 39.7. The number of carbonyl (C=O) groups excluding carboxylic acids is 2. The Balaban J connectivity index is 1.40. The van der Waals surface area contributed by atoms with E-state index in [0.29, 0.717) is 31.1 Å². The van der Waals surface area contributed by atoms with Crippen molar-refractivity contribution in [1.29, 1.82) is 0 Å². The van der Waals surface area contributed by atoms with E-state index >= 15 is 0 Å². The molecule has 1 atom stereocenters. The van der Waals surface area contributed by atoms with Crippen LogP contribution in [-0.2, 0) is 9.47 Å². The fourth-order valence-corrected chi connectivity index (χ4v) is 4.16. The Morgan fingerprint density at radius 1 is 1.16 bits per heavy atom. The van der Waals surface area contributed by atoms with Gasteiger partial charge in [-0.3, -0.25) is 9.69 Å². The maximum atomic E-state index is 13.0. The van der Waals surface area contributed by atoms with E-state index in [1.54, 1.807) is 19.2 Å². The van der Waals surface area contributed by atoms with E-state index in [1.807, 2.05) is 11.8 Å². The molecule has 2 aromatic rings. The van der Waals surface area contributed by atoms with Crippen molar-refractivity contribution < 1.29 is 19.1 Å². The lowest BCUT2D eigenvalue weighted by atomic mass is 10.1. The minimum atomic E-state index is -0.454. The molecule has 2 aliphatic heterocycles. The van der Waals surface area contributed by atoms with Gasteiger partial charge in [-0.25, -0.2) is 14.8 Å². The number of aryl methyl sites for hydroxylation is 3. The van der Waals surface area contributed by atoms with Gasteiger partial charge in [-0.2, -0.15) is 0 Å². The molecule has 170 valence electrons. The first-order valence-corrected chi connectivity index (χ1v) is 10.8. The highest BCUT2D eigenvalue weighted by Crippen LogP contribution is 2.24. The summed E-state index contributed by atoms with van der Waals surface area (Å²) in [7, 11) is 1.58. The smallest absolute Gasteiger partial charge is 0.416 e. The van der Waals surface area contributed by atoms with E-state index in [4.69, 9.17) is 14.5 Å². The second-order valence-corrected chi connectivity index (χ2v) is 8.27. The summed E-state index contributed by atoms with van der Waals surface area (Å²) in [6, 6.07) is 5.33. The molecular weight excluding hydrogens is 410 g/mol. The Morgan fingerprint density at radius 2 is 1.91 bits per heavy atom. The second-order valence-electron chi connectivity index (χ2n) is 8.27. The van der Waals surface area contributed by atoms with Crippen LogP contribution in [0.4, 0.5) is 16.4 Å². The summed E-state index contributed by atoms with van der Waals surface area (Å²) in [5.41, 5.74) is 3.87. The molecule has 2 fully saturated rings. The number of piperazine rings is 1. The number of aromatic nitrogens is 2. The average Bonchev–Trinajstić information content (AvgIpc) is 3.16. The van der Waals surface area contributed by atoms with Crippen LogP contribution in [0.5, 0.6) is 0 Å². The van der Waals surface area contributed by atoms with E-state index < -0.39 is 6.09 Å². The number of carbonyl (C=O) groups is 2. The van der Waals surface area contributed by atoms with Gasteiger partial charge in [0.25, 0.3) is 5.91 Å². The summed E-state index contributed by atoms with van der Waals surface area (Å²) >= 11 is 0. The molecule has 2 saturated heterocycles. The monoisotopic (exact) mass is 439 g/mol. The lowest BCUT2D eigenvalue weighted by Crippen LogP contribution is -2.49. The summed E-state index contributed by atoms with van der Waals surface area (Å²) < 4.78 is 10.3. The number of amides is 2. The summed E-state index contributed by atoms with van der Waals surface area (Å²) in [6.07, 6.45) is 1.07. The number of nitrogens with zero attached hydrogens (tertiary/aromatic N) is 5. The maximum absolute atomic E-state index is 13.0. The fourth-order valence-electron chi connectivity index (χ4n) is 4.16. The minimum absolute atomic E-state index is 0.0640. The number of hydrogen-bond donors (Lipinski definition) is 0. The molecule has 4 rings (SSSR count). The van der Waals surface area contributed by atoms with Gasteiger partial charge in [-0.1, -0.05) is 6.07 Å². The number of ether oxygens (including phenoxy) is 2. The molecule has 0 bridgehead atoms. The Hall–Kier alpha value is -3.20. The normalized spacial score (nSPS) is 18.8. The van der Waals surface area contributed by atoms with Crippen LogP contribution in [-0.4, -0.2) is 79.4 Å². The lowest BCUT2D eigenvalue weighted by molar-refractivity contribution is 0.0746. The van der Waals surface area contributed by atoms with Crippen molar-refractivity contribution in [3.05, 3.63) is 46.8 Å². The molecule has 0 saturated carbocycles. The zero-order chi connectivity index (χ0) is 22.8. The van der Waals surface area contributed by atoms with Crippen molar-refractivity contribution in [2.45, 2.75) is 26.8 Å². The molecule has 0 aliphatic carbocycles. The topological polar surface area (TPSA) is 88.1 Å². The van der Waals surface area contributed by atoms with Gasteiger partial charge in [0, 0.05) is 45.2 Å². The Kier molecular flexibility index (Phi) is 6.27. The first-order valence-electron chi connectivity index (χ1n) is 10.8. The van der Waals surface area contributed by atoms with Crippen molar-refractivity contribution >= 4 is 23.6 Å². The quantitative estimate of drug-likeness (QED) is 0.707. The van der Waals surface area contributed by atoms with Crippen LogP contribution in [0.15, 0.2) is 24.4 Å². The highest BCUT2D eigenvalue weighted by Gasteiger charge is 2.35. The molecule has 0 unspecified atom stereocenters. The van der Waals surface area contributed by atoms with E-state index in [-0.39, 0.29) is 18.6 Å². The van der Waals surface area contributed by atoms with Crippen molar-refractivity contribution in [1.82, 2.24) is 14.9 Å². The van der Waals surface area contributed by atoms with E-state index in [9.17, 15) is 9.59 Å². The number of anilines is 2. The molecule has 0 N–H and O–H groups in total. The van der Waals surface area contributed by atoms with Gasteiger partial charge < -0.3 is 19.3 Å². The van der Waals surface area contributed by atoms with Gasteiger partial charge in [0.15, 0.2) is 0 Å². The average molecular weight is 440 g/mol. The van der Waals surface area contributed by atoms with Crippen molar-refractivity contribution in [3.63, 3.8) is 0 Å². The number of methoxy groups -OCH3 is 1. The lowest BCUT2D eigenvalue weighted by Gasteiger charge is -2.36. The first-order chi connectivity index (χ1) is 15.4. The molecule has 0 aromatic carbocycles. The Morgan fingerprint density at radius 3 is 2.56 bits per heavy atom. The van der Waals surface area contributed by atoms with Gasteiger partial charge in [0.2, 0.25) is 0 Å². The fraction of sp³-hybridized carbons (Fsp3) is 0.478. The Labute approximate surface area is 187 Å². The third-order valence-electron chi connectivity index (χ3n) is 6.06. The van der Waals surface area contributed by atoms with Crippen LogP contribution in [0.2, 0.25) is 0 Å². The predicted octanol–water partition coefficient (Wildman–Crippen LogP) is 2.34. The third kappa shape index (κ3) is 4.25. The number of cyclic esters (lactones) is 1. The molecule has 4 heterocycles. The summed E-state index contributed by atoms with van der Waals surface area (Å²) in [6.45, 7) is 9.46. The molecule has 0 radical (unpaired) electrons. The van der Waals surface area contributed by atoms with Crippen LogP contribution < -0.4 is 9.80 Å². The van der Waals surface area contributed by atoms with Crippen LogP contribution in [0.1, 0.15) is 27.2 Å². The molecule has 2 aliphatic rings. The number of hydrogen-bond acceptors (Lipinski definition) is 7. The van der Waals surface area contributed by atoms with Crippen LogP contribution in [0.25, 0.3) is 0 Å². The molecule has 2 amide bonds. The van der Waals surface area contributed by atoms with E-state index in [2.05, 4.69) is 29.8 Å². The molecule has 9 nitrogen and oxygen atoms in total. The van der Waals surface area contributed by atoms with Crippen molar-refractivity contribution in [2.24, 2.45) is 0 Å². The third-order valence-corrected chi connectivity index (χ3v) is 6.06. The van der Waals surface area contributed by atoms with Gasteiger partial charge in [0.05, 0.1) is 18.2 Å². The molecule has 2 aromatic heterocycles. The van der Waals surface area contributed by atoms with E-state index in [0.717, 1.165) is 30.2 Å². The summed E-state index contributed by atoms with van der Waals surface area (Å²) in [5.74, 6) is 1.38. The highest BCUT2D eigenvalue weighted by molar-refractivity contribution is 5.95. The number of pyridine rings is 2. The standard InChI is InChI=1S/C23H29N5O4/c1-15-11-16(2)21(25-17(15)3)26-7-9-27(10-8-26)22(29)18-5-6-20(24-12-18)28-19(13-31-4)14-32-23(28)30/h5-6,11-12,19H,7-10,13-14H2,1-4H3/t19-/m1/s1. The van der Waals surface area contributed by atoms with Gasteiger partial charge in [-0.05, 0) is 44.0 Å². The van der Waals surface area contributed by atoms with Crippen molar-refractivity contribution in [2.75, 3.05) is 56.3 Å². The highest BCUT2D eigenvalue weighted by atomic mass is 16.6. The molecule has 9 heteroatoms. The second kappa shape index (κ2) is 9.12. The van der Waals surface area contributed by atoms with Gasteiger partial charge in [0.1, 0.15) is 18.2 Å². The van der Waals surface area contributed by atoms with E-state index in [1.165, 1.54) is 16.7 Å². The minimum Gasteiger partial charge on any atom is -0.447 e. The zero-order valence-corrected chi connectivity index (χ0v) is 19.0. The Bertz CT molecular complexity index is 1000. The number of rotatable bonds is 5. The molecular formula is C23H29N5O4. The van der Waals surface area contributed by atoms with Crippen LogP contribution >= 0.6 is 0 Å². The summed E-state index contributed by atoms with van der Waals surface area (Å²) in [5, 5.41) is 0. The van der Waals surface area contributed by atoms with Crippen LogP contribution in [0, 0.1) is 20.8 Å². The molecule has 0 spiro atoms. The molecule has 32 heavy (non-hydrogen) atoms. The SMILES string of the molecule is COC[C@@H]1COC(=O)N1c1ccc(C(=O)N2CCN(c3nc(C)c(C)cc3C)CC2)cn1.